The Morgan fingerprint density at radius 1 is 0.905 bits per heavy atom. The average molecular weight is 314 g/mol. The summed E-state index contributed by atoms with van der Waals surface area (Å²) in [5, 5.41) is 0. The van der Waals surface area contributed by atoms with Crippen LogP contribution in [0.4, 0.5) is 0 Å². The Hall–Kier alpha value is -1.16. The van der Waals surface area contributed by atoms with Gasteiger partial charge in [0.05, 0.1) is 11.2 Å². The zero-order valence-electron chi connectivity index (χ0n) is 13.4. The van der Waals surface area contributed by atoms with Crippen molar-refractivity contribution in [3.8, 4) is 5.75 Å². The first-order valence-electron chi connectivity index (χ1n) is 6.69. The lowest BCUT2D eigenvalue weighted by atomic mass is 10.2. The number of carbonyl (C=O) groups excluding carboxylic acids is 1. The van der Waals surface area contributed by atoms with Gasteiger partial charge in [0.2, 0.25) is 0 Å². The Kier molecular flexibility index (Phi) is 5.37. The molecule has 0 aromatic heterocycles. The minimum Gasteiger partial charge on any atom is -0.404 e. The highest BCUT2D eigenvalue weighted by atomic mass is 31.2. The topological polar surface area (TPSA) is 61.8 Å². The van der Waals surface area contributed by atoms with Crippen LogP contribution in [0, 0.1) is 0 Å². The van der Waals surface area contributed by atoms with Gasteiger partial charge in [-0.3, -0.25) is 13.8 Å². The first kappa shape index (κ1) is 17.9. The predicted molar refractivity (Wildman–Crippen MR) is 81.7 cm³/mol. The molecular formula is C15H23O5P. The maximum absolute atomic E-state index is 12.8. The summed E-state index contributed by atoms with van der Waals surface area (Å²) in [4.78, 5) is 10.6. The number of rotatable bonds is 5. The molecule has 0 aliphatic carbocycles. The molecule has 1 aromatic rings. The van der Waals surface area contributed by atoms with E-state index in [4.69, 9.17) is 13.6 Å². The fourth-order valence-electron chi connectivity index (χ4n) is 1.46. The van der Waals surface area contributed by atoms with Gasteiger partial charge >= 0.3 is 7.82 Å². The standard InChI is InChI=1S/C15H23O5P/c1-14(2,3)19-21(17,20-15(4,5)6)18-13-9-7-12(11-16)8-10-13/h7-11H,1-6H3. The Balaban J connectivity index is 3.00. The number of carbonyl (C=O) groups is 1. The van der Waals surface area contributed by atoms with Crippen LogP contribution in [0.5, 0.6) is 5.75 Å². The van der Waals surface area contributed by atoms with E-state index >= 15 is 0 Å². The molecule has 0 aliphatic rings. The van der Waals surface area contributed by atoms with Gasteiger partial charge in [-0.05, 0) is 65.8 Å². The number of phosphoric ester groups is 1. The summed E-state index contributed by atoms with van der Waals surface area (Å²) in [7, 11) is -3.80. The van der Waals surface area contributed by atoms with Crippen LogP contribution in [0.3, 0.4) is 0 Å². The second-order valence-electron chi connectivity index (χ2n) is 6.63. The third kappa shape index (κ3) is 6.89. The molecule has 0 saturated carbocycles. The smallest absolute Gasteiger partial charge is 0.404 e. The molecule has 0 N–H and O–H groups in total. The third-order valence-corrected chi connectivity index (χ3v) is 3.98. The van der Waals surface area contributed by atoms with E-state index in [0.29, 0.717) is 11.3 Å². The van der Waals surface area contributed by atoms with Crippen molar-refractivity contribution in [1.29, 1.82) is 0 Å². The van der Waals surface area contributed by atoms with E-state index in [2.05, 4.69) is 0 Å². The summed E-state index contributed by atoms with van der Waals surface area (Å²) in [6.07, 6.45) is 0.723. The molecule has 0 aliphatic heterocycles. The maximum atomic E-state index is 12.8. The summed E-state index contributed by atoms with van der Waals surface area (Å²) in [6, 6.07) is 6.24. The van der Waals surface area contributed by atoms with Crippen LogP contribution in [0.1, 0.15) is 51.9 Å². The zero-order chi connectivity index (χ0) is 16.3. The van der Waals surface area contributed by atoms with Crippen molar-refractivity contribution >= 4 is 14.1 Å². The van der Waals surface area contributed by atoms with E-state index in [1.54, 1.807) is 65.8 Å². The SMILES string of the molecule is CC(C)(C)OP(=O)(Oc1ccc(C=O)cc1)OC(C)(C)C. The normalized spacial score (nSPS) is 13.0. The van der Waals surface area contributed by atoms with E-state index in [-0.39, 0.29) is 0 Å². The van der Waals surface area contributed by atoms with Gasteiger partial charge < -0.3 is 4.52 Å². The second-order valence-corrected chi connectivity index (χ2v) is 8.07. The van der Waals surface area contributed by atoms with Gasteiger partial charge in [-0.15, -0.1) is 0 Å². The van der Waals surface area contributed by atoms with Crippen molar-refractivity contribution < 1.29 is 22.9 Å². The second kappa shape index (κ2) is 6.30. The van der Waals surface area contributed by atoms with Crippen molar-refractivity contribution in [2.45, 2.75) is 52.7 Å². The molecule has 6 heteroatoms. The molecule has 1 aromatic carbocycles. The molecule has 21 heavy (non-hydrogen) atoms. The summed E-state index contributed by atoms with van der Waals surface area (Å²) < 4.78 is 29.3. The van der Waals surface area contributed by atoms with E-state index in [1.165, 1.54) is 0 Å². The average Bonchev–Trinajstić information content (AvgIpc) is 2.24. The van der Waals surface area contributed by atoms with Gasteiger partial charge in [-0.1, -0.05) is 0 Å². The lowest BCUT2D eigenvalue weighted by molar-refractivity contribution is 0.0224. The first-order valence-corrected chi connectivity index (χ1v) is 8.15. The quantitative estimate of drug-likeness (QED) is 0.586. The fourth-order valence-corrected chi connectivity index (χ4v) is 3.30. The Morgan fingerprint density at radius 3 is 1.67 bits per heavy atom. The first-order chi connectivity index (χ1) is 9.42. The van der Waals surface area contributed by atoms with Gasteiger partial charge in [-0.25, -0.2) is 4.57 Å². The van der Waals surface area contributed by atoms with E-state index in [0.717, 1.165) is 6.29 Å². The number of aldehydes is 1. The predicted octanol–water partition coefficient (Wildman–Crippen LogP) is 4.62. The van der Waals surface area contributed by atoms with E-state index in [9.17, 15) is 9.36 Å². The van der Waals surface area contributed by atoms with E-state index in [1.807, 2.05) is 0 Å². The fraction of sp³-hybridized carbons (Fsp3) is 0.533. The maximum Gasteiger partial charge on any atom is 0.531 e. The van der Waals surface area contributed by atoms with Gasteiger partial charge in [0.25, 0.3) is 0 Å². The Morgan fingerprint density at radius 2 is 1.33 bits per heavy atom. The van der Waals surface area contributed by atoms with Gasteiger partial charge in [0.1, 0.15) is 12.0 Å². The number of hydrogen-bond acceptors (Lipinski definition) is 5. The molecule has 0 saturated heterocycles. The third-order valence-electron chi connectivity index (χ3n) is 2.00. The van der Waals surface area contributed by atoms with Crippen LogP contribution in [0.2, 0.25) is 0 Å². The molecule has 0 radical (unpaired) electrons. The van der Waals surface area contributed by atoms with Crippen LogP contribution in [-0.2, 0) is 13.6 Å². The van der Waals surface area contributed by atoms with Gasteiger partial charge in [-0.2, -0.15) is 0 Å². The van der Waals surface area contributed by atoms with Gasteiger partial charge in [0.15, 0.2) is 0 Å². The molecule has 0 spiro atoms. The number of benzene rings is 1. The monoisotopic (exact) mass is 314 g/mol. The van der Waals surface area contributed by atoms with Crippen LogP contribution >= 0.6 is 7.82 Å². The van der Waals surface area contributed by atoms with Crippen molar-refractivity contribution in [2.24, 2.45) is 0 Å². The minimum atomic E-state index is -3.80. The summed E-state index contributed by atoms with van der Waals surface area (Å²) in [6.45, 7) is 10.6. The molecule has 0 bridgehead atoms. The highest BCUT2D eigenvalue weighted by molar-refractivity contribution is 7.49. The molecule has 0 amide bonds. The lowest BCUT2D eigenvalue weighted by Crippen LogP contribution is -2.25. The van der Waals surface area contributed by atoms with Crippen molar-refractivity contribution in [1.82, 2.24) is 0 Å². The molecule has 0 heterocycles. The molecule has 0 atom stereocenters. The van der Waals surface area contributed by atoms with Crippen LogP contribution < -0.4 is 4.52 Å². The molecule has 0 unspecified atom stereocenters. The molecule has 5 nitrogen and oxygen atoms in total. The van der Waals surface area contributed by atoms with Gasteiger partial charge in [0, 0.05) is 5.56 Å². The molecular weight excluding hydrogens is 291 g/mol. The summed E-state index contributed by atoms with van der Waals surface area (Å²) in [5.41, 5.74) is -0.877. The number of hydrogen-bond donors (Lipinski definition) is 0. The number of phosphoric acid groups is 1. The van der Waals surface area contributed by atoms with Crippen LogP contribution in [0.15, 0.2) is 24.3 Å². The lowest BCUT2D eigenvalue weighted by Gasteiger charge is -2.30. The van der Waals surface area contributed by atoms with Crippen molar-refractivity contribution in [3.05, 3.63) is 29.8 Å². The Bertz CT molecular complexity index is 502. The van der Waals surface area contributed by atoms with E-state index < -0.39 is 19.0 Å². The summed E-state index contributed by atoms with van der Waals surface area (Å²) >= 11 is 0. The van der Waals surface area contributed by atoms with Crippen LogP contribution in [0.25, 0.3) is 0 Å². The molecule has 1 rings (SSSR count). The van der Waals surface area contributed by atoms with Crippen molar-refractivity contribution in [3.63, 3.8) is 0 Å². The molecule has 118 valence electrons. The molecule has 0 fully saturated rings. The van der Waals surface area contributed by atoms with Crippen LogP contribution in [-0.4, -0.2) is 17.5 Å². The Labute approximate surface area is 126 Å². The minimum absolute atomic E-state index is 0.317. The highest BCUT2D eigenvalue weighted by Crippen LogP contribution is 2.55. The highest BCUT2D eigenvalue weighted by Gasteiger charge is 2.38. The largest absolute Gasteiger partial charge is 0.531 e. The summed E-state index contributed by atoms with van der Waals surface area (Å²) in [5.74, 6) is 0.317. The van der Waals surface area contributed by atoms with Crippen molar-refractivity contribution in [2.75, 3.05) is 0 Å². The zero-order valence-corrected chi connectivity index (χ0v) is 14.3.